The summed E-state index contributed by atoms with van der Waals surface area (Å²) < 4.78 is 25.0. The van der Waals surface area contributed by atoms with E-state index in [2.05, 4.69) is 19.9 Å². The molecule has 1 N–H and O–H groups in total. The van der Waals surface area contributed by atoms with Gasteiger partial charge in [-0.15, -0.1) is 0 Å². The topological polar surface area (TPSA) is 127 Å². The Kier molecular flexibility index (Phi) is 6.43. The van der Waals surface area contributed by atoms with Crippen molar-refractivity contribution in [1.29, 1.82) is 0 Å². The van der Waals surface area contributed by atoms with Crippen molar-refractivity contribution in [3.63, 3.8) is 0 Å². The number of rotatable bonds is 7. The molecule has 3 rings (SSSR count). The highest BCUT2D eigenvalue weighted by Gasteiger charge is 2.18. The van der Waals surface area contributed by atoms with Gasteiger partial charge in [0, 0.05) is 24.0 Å². The lowest BCUT2D eigenvalue weighted by atomic mass is 10.2. The molecule has 0 amide bonds. The van der Waals surface area contributed by atoms with Crippen LogP contribution in [0.1, 0.15) is 16.7 Å². The molecule has 0 aliphatic carbocycles. The maximum absolute atomic E-state index is 12.5. The quantitative estimate of drug-likeness (QED) is 0.256. The van der Waals surface area contributed by atoms with Crippen molar-refractivity contribution in [3.05, 3.63) is 81.7 Å². The Bertz CT molecular complexity index is 1210. The molecule has 11 heteroatoms. The molecule has 0 spiro atoms. The first-order valence-electron chi connectivity index (χ1n) is 8.62. The molecule has 9 nitrogen and oxygen atoms in total. The monoisotopic (exact) mass is 443 g/mol. The van der Waals surface area contributed by atoms with E-state index < -0.39 is 14.9 Å². The fraction of sp³-hybridized carbons (Fsp3) is 0.105. The Hall–Kier alpha value is -3.31. The number of nitrogens with zero attached hydrogens (tertiary/aromatic N) is 4. The zero-order valence-electron chi connectivity index (χ0n) is 16.0. The van der Waals surface area contributed by atoms with Gasteiger partial charge in [-0.2, -0.15) is 13.5 Å². The zero-order chi connectivity index (χ0) is 21.7. The second-order valence-electron chi connectivity index (χ2n) is 6.24. The predicted molar refractivity (Wildman–Crippen MR) is 113 cm³/mol. The molecule has 0 unspecified atom stereocenters. The average molecular weight is 444 g/mol. The first-order chi connectivity index (χ1) is 14.3. The van der Waals surface area contributed by atoms with Crippen LogP contribution in [0.5, 0.6) is 0 Å². The Balaban J connectivity index is 1.81. The lowest BCUT2D eigenvalue weighted by Crippen LogP contribution is -2.19. The van der Waals surface area contributed by atoms with Crippen LogP contribution in [0.15, 0.2) is 74.9 Å². The van der Waals surface area contributed by atoms with E-state index in [-0.39, 0.29) is 10.6 Å². The summed E-state index contributed by atoms with van der Waals surface area (Å²) in [6.45, 7) is 3.48. The largest absolute Gasteiger partial charge is 0.283 e. The van der Waals surface area contributed by atoms with Crippen LogP contribution in [-0.2, 0) is 10.0 Å². The number of aromatic nitrogens is 2. The van der Waals surface area contributed by atoms with Crippen LogP contribution in [-0.4, -0.2) is 29.5 Å². The van der Waals surface area contributed by atoms with Gasteiger partial charge < -0.3 is 0 Å². The second-order valence-corrected chi connectivity index (χ2v) is 8.88. The van der Waals surface area contributed by atoms with Crippen molar-refractivity contribution in [2.24, 2.45) is 5.10 Å². The fourth-order valence-corrected chi connectivity index (χ4v) is 4.42. The summed E-state index contributed by atoms with van der Waals surface area (Å²) in [7, 11) is -3.86. The van der Waals surface area contributed by atoms with E-state index >= 15 is 0 Å². The summed E-state index contributed by atoms with van der Waals surface area (Å²) in [5.74, 6) is 0. The standard InChI is InChI=1S/C19H17N5O4S2/c1-13-4-5-14(2)18(10-13)30(27,28)23-22-12-15-6-7-17(16(11-15)24(25)26)29-19-20-8-3-9-21-19/h3-12,23H,1-2H3/b22-12-. The van der Waals surface area contributed by atoms with E-state index in [1.807, 2.05) is 6.07 Å². The summed E-state index contributed by atoms with van der Waals surface area (Å²) in [6, 6.07) is 11.2. The van der Waals surface area contributed by atoms with E-state index in [4.69, 9.17) is 0 Å². The molecule has 3 aromatic rings. The number of nitro groups is 1. The Labute approximate surface area is 177 Å². The van der Waals surface area contributed by atoms with Crippen molar-refractivity contribution in [2.75, 3.05) is 0 Å². The minimum atomic E-state index is -3.86. The number of nitrogens with one attached hydrogen (secondary N) is 1. The van der Waals surface area contributed by atoms with E-state index in [9.17, 15) is 18.5 Å². The number of aryl methyl sites for hydroxylation is 2. The molecule has 0 atom stereocenters. The third kappa shape index (κ3) is 5.19. The first kappa shape index (κ1) is 21.4. The van der Waals surface area contributed by atoms with Crippen molar-refractivity contribution in [2.45, 2.75) is 28.8 Å². The number of hydrogen-bond donors (Lipinski definition) is 1. The molecule has 0 aliphatic rings. The highest BCUT2D eigenvalue weighted by molar-refractivity contribution is 7.99. The zero-order valence-corrected chi connectivity index (χ0v) is 17.6. The van der Waals surface area contributed by atoms with E-state index in [1.165, 1.54) is 12.3 Å². The highest BCUT2D eigenvalue weighted by Crippen LogP contribution is 2.33. The van der Waals surface area contributed by atoms with Crippen LogP contribution < -0.4 is 4.83 Å². The van der Waals surface area contributed by atoms with E-state index in [1.54, 1.807) is 56.6 Å². The molecule has 0 aliphatic heterocycles. The molecule has 1 aromatic heterocycles. The van der Waals surface area contributed by atoms with Crippen molar-refractivity contribution in [1.82, 2.24) is 14.8 Å². The van der Waals surface area contributed by atoms with Crippen molar-refractivity contribution >= 4 is 33.7 Å². The highest BCUT2D eigenvalue weighted by atomic mass is 32.2. The van der Waals surface area contributed by atoms with Crippen molar-refractivity contribution in [3.8, 4) is 0 Å². The molecular formula is C19H17N5O4S2. The number of hydrazone groups is 1. The SMILES string of the molecule is Cc1ccc(C)c(S(=O)(=O)N/N=C\c2ccc(Sc3ncccn3)c([N+](=O)[O-])c2)c1. The molecule has 30 heavy (non-hydrogen) atoms. The van der Waals surface area contributed by atoms with Crippen LogP contribution in [0.4, 0.5) is 5.69 Å². The minimum absolute atomic E-state index is 0.125. The van der Waals surface area contributed by atoms with Crippen LogP contribution in [0.2, 0.25) is 0 Å². The van der Waals surface area contributed by atoms with Gasteiger partial charge in [-0.25, -0.2) is 14.8 Å². The number of nitro benzene ring substituents is 1. The lowest BCUT2D eigenvalue weighted by Gasteiger charge is -2.07. The maximum Gasteiger partial charge on any atom is 0.283 e. The van der Waals surface area contributed by atoms with Crippen LogP contribution in [0, 0.1) is 24.0 Å². The van der Waals surface area contributed by atoms with Crippen LogP contribution >= 0.6 is 11.8 Å². The predicted octanol–water partition coefficient (Wildman–Crippen LogP) is 3.47. The van der Waals surface area contributed by atoms with Crippen LogP contribution in [0.3, 0.4) is 0 Å². The molecule has 0 saturated heterocycles. The van der Waals surface area contributed by atoms with Gasteiger partial charge in [0.1, 0.15) is 0 Å². The molecule has 0 saturated carbocycles. The fourth-order valence-electron chi connectivity index (χ4n) is 2.50. The second kappa shape index (κ2) is 9.01. The van der Waals surface area contributed by atoms with Gasteiger partial charge in [-0.3, -0.25) is 10.1 Å². The Morgan fingerprint density at radius 1 is 1.13 bits per heavy atom. The molecule has 0 fully saturated rings. The molecule has 0 radical (unpaired) electrons. The first-order valence-corrected chi connectivity index (χ1v) is 10.9. The van der Waals surface area contributed by atoms with Gasteiger partial charge in [0.15, 0.2) is 5.16 Å². The number of sulfonamides is 1. The molecule has 0 bridgehead atoms. The number of hydrogen-bond acceptors (Lipinski definition) is 8. The van der Waals surface area contributed by atoms with E-state index in [0.717, 1.165) is 17.3 Å². The smallest absolute Gasteiger partial charge is 0.258 e. The third-order valence-electron chi connectivity index (χ3n) is 3.94. The van der Waals surface area contributed by atoms with Gasteiger partial charge >= 0.3 is 0 Å². The van der Waals surface area contributed by atoms with Gasteiger partial charge in [0.2, 0.25) is 0 Å². The van der Waals surface area contributed by atoms with E-state index in [0.29, 0.717) is 21.2 Å². The molecule has 154 valence electrons. The lowest BCUT2D eigenvalue weighted by molar-refractivity contribution is -0.387. The maximum atomic E-state index is 12.5. The van der Waals surface area contributed by atoms with Gasteiger partial charge in [-0.1, -0.05) is 18.2 Å². The van der Waals surface area contributed by atoms with Gasteiger partial charge in [0.25, 0.3) is 15.7 Å². The summed E-state index contributed by atoms with van der Waals surface area (Å²) in [4.78, 5) is 21.6. The normalized spacial score (nSPS) is 11.5. The average Bonchev–Trinajstić information content (AvgIpc) is 2.71. The minimum Gasteiger partial charge on any atom is -0.258 e. The summed E-state index contributed by atoms with van der Waals surface area (Å²) in [6.07, 6.45) is 4.30. The Morgan fingerprint density at radius 3 is 2.57 bits per heavy atom. The summed E-state index contributed by atoms with van der Waals surface area (Å²) >= 11 is 1.06. The van der Waals surface area contributed by atoms with Gasteiger partial charge in [0.05, 0.1) is 20.9 Å². The van der Waals surface area contributed by atoms with Crippen molar-refractivity contribution < 1.29 is 13.3 Å². The summed E-state index contributed by atoms with van der Waals surface area (Å²) in [5, 5.41) is 15.6. The van der Waals surface area contributed by atoms with Crippen LogP contribution in [0.25, 0.3) is 0 Å². The molecule has 2 aromatic carbocycles. The number of benzene rings is 2. The summed E-state index contributed by atoms with van der Waals surface area (Å²) in [5.41, 5.74) is 1.59. The molecule has 1 heterocycles. The Morgan fingerprint density at radius 2 is 1.87 bits per heavy atom. The third-order valence-corrected chi connectivity index (χ3v) is 6.27. The van der Waals surface area contributed by atoms with Gasteiger partial charge in [-0.05, 0) is 54.9 Å². The molecular weight excluding hydrogens is 426 g/mol.